The maximum Gasteiger partial charge on any atom is 0.0483 e. The first-order valence-electron chi connectivity index (χ1n) is 5.11. The minimum absolute atomic E-state index is 0.277. The van der Waals surface area contributed by atoms with Gasteiger partial charge in [-0.25, -0.2) is 0 Å². The van der Waals surface area contributed by atoms with Crippen LogP contribution in [-0.2, 0) is 0 Å². The van der Waals surface area contributed by atoms with Crippen LogP contribution in [0.4, 0.5) is 0 Å². The molecule has 80 valence electrons. The van der Waals surface area contributed by atoms with Crippen LogP contribution in [0.2, 0.25) is 0 Å². The van der Waals surface area contributed by atoms with E-state index in [9.17, 15) is 0 Å². The molecule has 1 unspecified atom stereocenters. The standard InChI is InChI=1S/C10H22ClNS/c1-4-13-7-5-6-12-8-10(11)9(2)3/h9-10,12H,4-8H2,1-3H3. The molecule has 1 atom stereocenters. The number of hydrogen-bond donors (Lipinski definition) is 1. The third-order valence-electron chi connectivity index (χ3n) is 1.91. The van der Waals surface area contributed by atoms with Gasteiger partial charge in [-0.1, -0.05) is 20.8 Å². The van der Waals surface area contributed by atoms with Crippen molar-refractivity contribution >= 4 is 23.4 Å². The molecular weight excluding hydrogens is 202 g/mol. The first-order chi connectivity index (χ1) is 6.18. The summed E-state index contributed by atoms with van der Waals surface area (Å²) in [5.74, 6) is 3.06. The molecule has 13 heavy (non-hydrogen) atoms. The molecule has 0 rings (SSSR count). The number of nitrogens with one attached hydrogen (secondary N) is 1. The Labute approximate surface area is 92.0 Å². The van der Waals surface area contributed by atoms with E-state index in [4.69, 9.17) is 11.6 Å². The van der Waals surface area contributed by atoms with Crippen LogP contribution in [0.5, 0.6) is 0 Å². The zero-order chi connectivity index (χ0) is 10.1. The Morgan fingerprint density at radius 1 is 1.38 bits per heavy atom. The van der Waals surface area contributed by atoms with Crippen molar-refractivity contribution in [3.05, 3.63) is 0 Å². The fourth-order valence-electron chi connectivity index (χ4n) is 0.919. The van der Waals surface area contributed by atoms with Crippen molar-refractivity contribution in [3.8, 4) is 0 Å². The van der Waals surface area contributed by atoms with Crippen molar-refractivity contribution in [3.63, 3.8) is 0 Å². The topological polar surface area (TPSA) is 12.0 Å². The van der Waals surface area contributed by atoms with Crippen LogP contribution in [0.3, 0.4) is 0 Å². The molecule has 0 aromatic heterocycles. The normalized spacial score (nSPS) is 13.6. The fraction of sp³-hybridized carbons (Fsp3) is 1.00. The van der Waals surface area contributed by atoms with Crippen molar-refractivity contribution < 1.29 is 0 Å². The summed E-state index contributed by atoms with van der Waals surface area (Å²) in [6.45, 7) is 8.56. The Morgan fingerprint density at radius 2 is 2.08 bits per heavy atom. The highest BCUT2D eigenvalue weighted by atomic mass is 35.5. The summed E-state index contributed by atoms with van der Waals surface area (Å²) in [5, 5.41) is 3.66. The summed E-state index contributed by atoms with van der Waals surface area (Å²) in [5.41, 5.74) is 0. The van der Waals surface area contributed by atoms with Crippen LogP contribution in [-0.4, -0.2) is 30.0 Å². The van der Waals surface area contributed by atoms with E-state index < -0.39 is 0 Å². The molecule has 0 aliphatic carbocycles. The summed E-state index contributed by atoms with van der Waals surface area (Å²) in [6, 6.07) is 0. The van der Waals surface area contributed by atoms with Crippen LogP contribution in [0.1, 0.15) is 27.2 Å². The molecule has 0 aromatic carbocycles. The van der Waals surface area contributed by atoms with E-state index in [1.807, 2.05) is 11.8 Å². The smallest absolute Gasteiger partial charge is 0.0483 e. The summed E-state index contributed by atoms with van der Waals surface area (Å²) in [7, 11) is 0. The number of halogens is 1. The highest BCUT2D eigenvalue weighted by Gasteiger charge is 2.07. The number of rotatable bonds is 8. The van der Waals surface area contributed by atoms with Gasteiger partial charge in [0.1, 0.15) is 0 Å². The first-order valence-corrected chi connectivity index (χ1v) is 6.70. The molecular formula is C10H22ClNS. The monoisotopic (exact) mass is 223 g/mol. The second-order valence-corrected chi connectivity index (χ2v) is 5.47. The van der Waals surface area contributed by atoms with Crippen LogP contribution in [0.15, 0.2) is 0 Å². The number of hydrogen-bond acceptors (Lipinski definition) is 2. The molecule has 0 bridgehead atoms. The highest BCUT2D eigenvalue weighted by Crippen LogP contribution is 2.07. The highest BCUT2D eigenvalue weighted by molar-refractivity contribution is 7.99. The molecule has 0 saturated heterocycles. The predicted molar refractivity (Wildman–Crippen MR) is 65.0 cm³/mol. The lowest BCUT2D eigenvalue weighted by Crippen LogP contribution is -2.27. The number of alkyl halides is 1. The Balaban J connectivity index is 3.07. The molecule has 0 spiro atoms. The summed E-state index contributed by atoms with van der Waals surface area (Å²) < 4.78 is 0. The molecule has 0 fully saturated rings. The minimum atomic E-state index is 0.277. The molecule has 1 N–H and O–H groups in total. The summed E-state index contributed by atoms with van der Waals surface area (Å²) in [6.07, 6.45) is 1.25. The van der Waals surface area contributed by atoms with Gasteiger partial charge in [0.05, 0.1) is 0 Å². The Bertz CT molecular complexity index is 109. The zero-order valence-electron chi connectivity index (χ0n) is 8.98. The number of thioether (sulfide) groups is 1. The average Bonchev–Trinajstić information content (AvgIpc) is 2.10. The molecule has 1 nitrogen and oxygen atoms in total. The molecule has 0 saturated carbocycles. The van der Waals surface area contributed by atoms with Gasteiger partial charge in [-0.05, 0) is 30.4 Å². The Kier molecular flexibility index (Phi) is 9.59. The lowest BCUT2D eigenvalue weighted by Gasteiger charge is -2.13. The molecule has 0 heterocycles. The summed E-state index contributed by atoms with van der Waals surface area (Å²) >= 11 is 8.09. The van der Waals surface area contributed by atoms with E-state index in [1.165, 1.54) is 17.9 Å². The van der Waals surface area contributed by atoms with Gasteiger partial charge >= 0.3 is 0 Å². The molecule has 0 aliphatic heterocycles. The molecule has 0 radical (unpaired) electrons. The van der Waals surface area contributed by atoms with E-state index in [2.05, 4.69) is 26.1 Å². The van der Waals surface area contributed by atoms with Gasteiger partial charge in [0.15, 0.2) is 0 Å². The van der Waals surface area contributed by atoms with Crippen molar-refractivity contribution in [1.29, 1.82) is 0 Å². The third-order valence-corrected chi connectivity index (χ3v) is 3.55. The Hall–Kier alpha value is 0.600. The maximum atomic E-state index is 6.09. The quantitative estimate of drug-likeness (QED) is 0.502. The average molecular weight is 224 g/mol. The fourth-order valence-corrected chi connectivity index (χ4v) is 1.67. The van der Waals surface area contributed by atoms with Gasteiger partial charge in [0.2, 0.25) is 0 Å². The van der Waals surface area contributed by atoms with Gasteiger partial charge in [-0.2, -0.15) is 11.8 Å². The van der Waals surface area contributed by atoms with Gasteiger partial charge in [0.25, 0.3) is 0 Å². The van der Waals surface area contributed by atoms with E-state index >= 15 is 0 Å². The van der Waals surface area contributed by atoms with Crippen molar-refractivity contribution in [1.82, 2.24) is 5.32 Å². The van der Waals surface area contributed by atoms with Crippen molar-refractivity contribution in [2.45, 2.75) is 32.6 Å². The zero-order valence-corrected chi connectivity index (χ0v) is 10.5. The summed E-state index contributed by atoms with van der Waals surface area (Å²) in [4.78, 5) is 0. The molecule has 3 heteroatoms. The SMILES string of the molecule is CCSCCCNCC(Cl)C(C)C. The van der Waals surface area contributed by atoms with E-state index in [-0.39, 0.29) is 5.38 Å². The van der Waals surface area contributed by atoms with Gasteiger partial charge in [0, 0.05) is 11.9 Å². The van der Waals surface area contributed by atoms with E-state index in [0.29, 0.717) is 5.92 Å². The van der Waals surface area contributed by atoms with E-state index in [1.54, 1.807) is 0 Å². The third kappa shape index (κ3) is 8.92. The van der Waals surface area contributed by atoms with Gasteiger partial charge < -0.3 is 5.32 Å². The maximum absolute atomic E-state index is 6.09. The van der Waals surface area contributed by atoms with Crippen LogP contribution >= 0.6 is 23.4 Å². The van der Waals surface area contributed by atoms with Gasteiger partial charge in [-0.15, -0.1) is 11.6 Å². The minimum Gasteiger partial charge on any atom is -0.315 e. The lowest BCUT2D eigenvalue weighted by molar-refractivity contribution is 0.545. The molecule has 0 aromatic rings. The van der Waals surface area contributed by atoms with E-state index in [0.717, 1.165) is 13.1 Å². The molecule has 0 amide bonds. The van der Waals surface area contributed by atoms with Crippen LogP contribution in [0.25, 0.3) is 0 Å². The van der Waals surface area contributed by atoms with Crippen molar-refractivity contribution in [2.75, 3.05) is 24.6 Å². The lowest BCUT2D eigenvalue weighted by atomic mass is 10.1. The largest absolute Gasteiger partial charge is 0.315 e. The van der Waals surface area contributed by atoms with Crippen LogP contribution in [0, 0.1) is 5.92 Å². The Morgan fingerprint density at radius 3 is 2.62 bits per heavy atom. The first kappa shape index (κ1) is 13.6. The van der Waals surface area contributed by atoms with Crippen LogP contribution < -0.4 is 5.32 Å². The second-order valence-electron chi connectivity index (χ2n) is 3.51. The second kappa shape index (κ2) is 9.17. The molecule has 0 aliphatic rings. The van der Waals surface area contributed by atoms with Gasteiger partial charge in [-0.3, -0.25) is 0 Å². The van der Waals surface area contributed by atoms with Crippen molar-refractivity contribution in [2.24, 2.45) is 5.92 Å². The predicted octanol–water partition coefficient (Wildman–Crippen LogP) is 2.98.